The smallest absolute Gasteiger partial charge is 0.271 e. The van der Waals surface area contributed by atoms with E-state index in [9.17, 15) is 9.59 Å². The Bertz CT molecular complexity index is 1940. The third-order valence-corrected chi connectivity index (χ3v) is 8.67. The Morgan fingerprint density at radius 2 is 1.60 bits per heavy atom. The van der Waals surface area contributed by atoms with Crippen molar-refractivity contribution in [2.45, 2.75) is 32.9 Å². The van der Waals surface area contributed by atoms with Crippen LogP contribution in [-0.4, -0.2) is 38.8 Å². The third-order valence-electron chi connectivity index (χ3n) is 7.44. The number of carbonyl (C=O) groups excluding carboxylic acids is 1. The summed E-state index contributed by atoms with van der Waals surface area (Å²) < 4.78 is 30.3. The van der Waals surface area contributed by atoms with Gasteiger partial charge in [0.15, 0.2) is 33.6 Å². The first-order chi connectivity index (χ1) is 21.7. The summed E-state index contributed by atoms with van der Waals surface area (Å²) in [6.07, 6.45) is 2.03. The molecular weight excluding hydrogens is 616 g/mol. The Hall–Kier alpha value is -4.54. The molecule has 11 heteroatoms. The first-order valence-electron chi connectivity index (χ1n) is 14.1. The van der Waals surface area contributed by atoms with E-state index in [2.05, 4.69) is 0 Å². The Morgan fingerprint density at radius 1 is 0.933 bits per heavy atom. The molecule has 2 heterocycles. The third kappa shape index (κ3) is 6.34. The Labute approximate surface area is 269 Å². The van der Waals surface area contributed by atoms with Gasteiger partial charge in [-0.2, -0.15) is 0 Å². The number of benzene rings is 3. The second-order valence-corrected chi connectivity index (χ2v) is 11.6. The monoisotopic (exact) mass is 648 g/mol. The van der Waals surface area contributed by atoms with Crippen LogP contribution in [0.3, 0.4) is 0 Å². The highest BCUT2D eigenvalue weighted by atomic mass is 35.5. The minimum Gasteiger partial charge on any atom is -0.493 e. The zero-order valence-electron chi connectivity index (χ0n) is 25.8. The van der Waals surface area contributed by atoms with Gasteiger partial charge in [-0.3, -0.25) is 14.2 Å². The first kappa shape index (κ1) is 31.9. The molecule has 1 aliphatic heterocycles. The minimum absolute atomic E-state index is 0.108. The van der Waals surface area contributed by atoms with Crippen LogP contribution in [0.1, 0.15) is 43.0 Å². The van der Waals surface area contributed by atoms with Crippen molar-refractivity contribution in [1.29, 1.82) is 0 Å². The highest BCUT2D eigenvalue weighted by Gasteiger charge is 2.33. The number of halogens is 1. The molecule has 4 aromatic rings. The van der Waals surface area contributed by atoms with Gasteiger partial charge in [-0.15, -0.1) is 0 Å². The Balaban J connectivity index is 1.59. The van der Waals surface area contributed by atoms with Gasteiger partial charge in [-0.25, -0.2) is 4.99 Å². The second kappa shape index (κ2) is 13.6. The lowest BCUT2D eigenvalue weighted by molar-refractivity contribution is -0.115. The fourth-order valence-corrected chi connectivity index (χ4v) is 6.40. The molecule has 234 valence electrons. The lowest BCUT2D eigenvalue weighted by Crippen LogP contribution is -2.39. The molecule has 1 unspecified atom stereocenters. The van der Waals surface area contributed by atoms with E-state index in [1.807, 2.05) is 36.4 Å². The number of hydrogen-bond donors (Lipinski definition) is 0. The maximum absolute atomic E-state index is 14.1. The molecule has 5 rings (SSSR count). The van der Waals surface area contributed by atoms with Gasteiger partial charge in [0.05, 0.1) is 39.0 Å². The van der Waals surface area contributed by atoms with Gasteiger partial charge in [-0.1, -0.05) is 48.1 Å². The van der Waals surface area contributed by atoms with Crippen molar-refractivity contribution < 1.29 is 28.5 Å². The average Bonchev–Trinajstić information content (AvgIpc) is 3.36. The van der Waals surface area contributed by atoms with Crippen molar-refractivity contribution in [3.8, 4) is 28.7 Å². The number of methoxy groups -OCH3 is 4. The number of Topliss-reactive ketones (excluding diaryl/α,β-unsaturated/α-hetero) is 1. The molecule has 0 radical (unpaired) electrons. The number of rotatable bonds is 11. The quantitative estimate of drug-likeness (QED) is 0.212. The van der Waals surface area contributed by atoms with Crippen LogP contribution in [0.25, 0.3) is 6.08 Å². The number of ether oxygens (including phenoxy) is 5. The molecule has 1 atom stereocenters. The molecule has 1 aromatic heterocycles. The summed E-state index contributed by atoms with van der Waals surface area (Å²) in [5.41, 5.74) is 3.04. The van der Waals surface area contributed by atoms with E-state index in [4.69, 9.17) is 40.3 Å². The summed E-state index contributed by atoms with van der Waals surface area (Å²) in [5.74, 6) is 2.21. The summed E-state index contributed by atoms with van der Waals surface area (Å²) >= 11 is 7.24. The highest BCUT2D eigenvalue weighted by molar-refractivity contribution is 7.07. The maximum Gasteiger partial charge on any atom is 0.271 e. The topological polar surface area (TPSA) is 97.6 Å². The van der Waals surface area contributed by atoms with Gasteiger partial charge in [0.1, 0.15) is 6.61 Å². The normalized spacial score (nSPS) is 14.5. The molecule has 1 aliphatic rings. The van der Waals surface area contributed by atoms with Gasteiger partial charge in [0.25, 0.3) is 5.56 Å². The molecule has 0 N–H and O–H groups in total. The predicted octanol–water partition coefficient (Wildman–Crippen LogP) is 5.48. The van der Waals surface area contributed by atoms with Crippen LogP contribution in [0.4, 0.5) is 0 Å². The van der Waals surface area contributed by atoms with Crippen LogP contribution < -0.4 is 38.6 Å². The number of carbonyl (C=O) groups is 1. The Kier molecular flexibility index (Phi) is 9.65. The molecule has 0 fully saturated rings. The molecule has 0 saturated carbocycles. The fraction of sp³-hybridized carbons (Fsp3) is 0.265. The molecule has 45 heavy (non-hydrogen) atoms. The Morgan fingerprint density at radius 3 is 2.20 bits per heavy atom. The van der Waals surface area contributed by atoms with E-state index < -0.39 is 6.04 Å². The summed E-state index contributed by atoms with van der Waals surface area (Å²) in [6.45, 7) is 3.92. The number of ketones is 1. The molecule has 9 nitrogen and oxygen atoms in total. The lowest BCUT2D eigenvalue weighted by atomic mass is 9.91. The molecule has 0 saturated heterocycles. The maximum atomic E-state index is 14.1. The second-order valence-electron chi connectivity index (χ2n) is 10.1. The summed E-state index contributed by atoms with van der Waals surface area (Å²) in [5, 5.41) is 0.657. The molecule has 0 amide bonds. The van der Waals surface area contributed by atoms with Crippen LogP contribution in [0.5, 0.6) is 28.7 Å². The van der Waals surface area contributed by atoms with E-state index >= 15 is 0 Å². The van der Waals surface area contributed by atoms with Crippen LogP contribution in [0.15, 0.2) is 75.7 Å². The zero-order chi connectivity index (χ0) is 32.2. The molecule has 3 aromatic carbocycles. The van der Waals surface area contributed by atoms with E-state index in [0.29, 0.717) is 66.5 Å². The summed E-state index contributed by atoms with van der Waals surface area (Å²) in [6, 6.07) is 15.7. The van der Waals surface area contributed by atoms with Crippen molar-refractivity contribution in [3.63, 3.8) is 0 Å². The number of thiazole rings is 1. The molecule has 0 spiro atoms. The number of hydrogen-bond acceptors (Lipinski definition) is 9. The van der Waals surface area contributed by atoms with Crippen molar-refractivity contribution >= 4 is 34.8 Å². The van der Waals surface area contributed by atoms with Crippen molar-refractivity contribution in [2.24, 2.45) is 4.99 Å². The van der Waals surface area contributed by atoms with E-state index in [-0.39, 0.29) is 17.8 Å². The largest absolute Gasteiger partial charge is 0.493 e. The molecule has 0 aliphatic carbocycles. The van der Waals surface area contributed by atoms with Crippen LogP contribution in [0, 0.1) is 0 Å². The van der Waals surface area contributed by atoms with Gasteiger partial charge in [0.2, 0.25) is 5.75 Å². The fourth-order valence-electron chi connectivity index (χ4n) is 5.23. The SMILES string of the molecule is CCC(=O)C1=C(C)N=c2s/c(=C\c3ccc(OCc4ccc(Cl)cc4)c(OC)c3)c(=O)n2C1c1cc(OC)c(OC)c(OC)c1. The average molecular weight is 649 g/mol. The standard InChI is InChI=1S/C34H33ClN2O7S/c1-7-24(38)30-19(2)36-34-37(31(30)22-16-27(41-4)32(43-6)28(17-22)42-5)33(39)29(45-34)15-21-10-13-25(26(14-21)40-3)44-18-20-8-11-23(35)12-9-20/h8-17,31H,7,18H2,1-6H3/b29-15-. The van der Waals surface area contributed by atoms with E-state index in [1.54, 1.807) is 49.8 Å². The van der Waals surface area contributed by atoms with Crippen LogP contribution in [0.2, 0.25) is 5.02 Å². The molecular formula is C34H33ClN2O7S. The first-order valence-corrected chi connectivity index (χ1v) is 15.3. The zero-order valence-corrected chi connectivity index (χ0v) is 27.4. The number of allylic oxidation sites excluding steroid dienone is 2. The highest BCUT2D eigenvalue weighted by Crippen LogP contribution is 2.42. The van der Waals surface area contributed by atoms with Gasteiger partial charge >= 0.3 is 0 Å². The van der Waals surface area contributed by atoms with Crippen LogP contribution >= 0.6 is 22.9 Å². The van der Waals surface area contributed by atoms with Gasteiger partial charge < -0.3 is 23.7 Å². The van der Waals surface area contributed by atoms with Gasteiger partial charge in [0, 0.05) is 22.7 Å². The lowest BCUT2D eigenvalue weighted by Gasteiger charge is -2.26. The minimum atomic E-state index is -0.747. The number of fused-ring (bicyclic) bond motifs is 1. The number of aromatic nitrogens is 1. The van der Waals surface area contributed by atoms with E-state index in [1.165, 1.54) is 32.7 Å². The van der Waals surface area contributed by atoms with Crippen LogP contribution in [-0.2, 0) is 11.4 Å². The van der Waals surface area contributed by atoms with E-state index in [0.717, 1.165) is 11.1 Å². The van der Waals surface area contributed by atoms with Crippen molar-refractivity contribution in [3.05, 3.63) is 107 Å². The summed E-state index contributed by atoms with van der Waals surface area (Å²) in [7, 11) is 6.13. The van der Waals surface area contributed by atoms with Gasteiger partial charge in [-0.05, 0) is 66.1 Å². The van der Waals surface area contributed by atoms with Crippen molar-refractivity contribution in [2.75, 3.05) is 28.4 Å². The summed E-state index contributed by atoms with van der Waals surface area (Å²) in [4.78, 5) is 32.6. The van der Waals surface area contributed by atoms with Crippen molar-refractivity contribution in [1.82, 2.24) is 4.57 Å². The molecule has 0 bridgehead atoms. The number of nitrogens with zero attached hydrogens (tertiary/aromatic N) is 2. The predicted molar refractivity (Wildman–Crippen MR) is 174 cm³/mol.